The minimum Gasteiger partial charge on any atom is -0.314 e. The molecule has 0 radical (unpaired) electrons. The van der Waals surface area contributed by atoms with E-state index in [9.17, 15) is 0 Å². The minimum atomic E-state index is 0.728. The highest BCUT2D eigenvalue weighted by molar-refractivity contribution is 9.10. The number of rotatable bonds is 6. The highest BCUT2D eigenvalue weighted by Crippen LogP contribution is 2.31. The van der Waals surface area contributed by atoms with Crippen molar-refractivity contribution in [1.29, 1.82) is 0 Å². The van der Waals surface area contributed by atoms with Crippen LogP contribution in [0.1, 0.15) is 57.3 Å². The molecule has 0 aromatic carbocycles. The Morgan fingerprint density at radius 2 is 2.15 bits per heavy atom. The predicted molar refractivity (Wildman–Crippen MR) is 88.0 cm³/mol. The van der Waals surface area contributed by atoms with Crippen LogP contribution in [0.2, 0.25) is 0 Å². The van der Waals surface area contributed by atoms with E-state index in [1.807, 2.05) is 0 Å². The molecule has 4 heteroatoms. The summed E-state index contributed by atoms with van der Waals surface area (Å²) < 4.78 is 3.32. The van der Waals surface area contributed by atoms with Crippen molar-refractivity contribution in [2.45, 2.75) is 64.8 Å². The third kappa shape index (κ3) is 3.85. The molecule has 1 saturated carbocycles. The molecule has 2 unspecified atom stereocenters. The summed E-state index contributed by atoms with van der Waals surface area (Å²) in [5.74, 6) is 0.800. The summed E-state index contributed by atoms with van der Waals surface area (Å²) in [5.41, 5.74) is 2.57. The molecule has 0 aliphatic heterocycles. The molecule has 1 aromatic heterocycles. The van der Waals surface area contributed by atoms with Gasteiger partial charge in [0.2, 0.25) is 0 Å². The molecular weight excluding hydrogens is 314 g/mol. The topological polar surface area (TPSA) is 29.9 Å². The van der Waals surface area contributed by atoms with Gasteiger partial charge < -0.3 is 5.32 Å². The van der Waals surface area contributed by atoms with Crippen LogP contribution in [0.3, 0.4) is 0 Å². The molecule has 3 nitrogen and oxygen atoms in total. The van der Waals surface area contributed by atoms with E-state index in [1.165, 1.54) is 48.0 Å². The Morgan fingerprint density at radius 1 is 1.35 bits per heavy atom. The zero-order valence-corrected chi connectivity index (χ0v) is 14.7. The average Bonchev–Trinajstić information content (AvgIpc) is 2.73. The number of nitrogens with one attached hydrogen (secondary N) is 1. The predicted octanol–water partition coefficient (Wildman–Crippen LogP) is 3.85. The smallest absolute Gasteiger partial charge is 0.0766 e. The van der Waals surface area contributed by atoms with E-state index < -0.39 is 0 Å². The summed E-state index contributed by atoms with van der Waals surface area (Å²) in [5, 5.41) is 8.32. The standard InChI is InChI=1S/C16H28BrN3/c1-4-9-18-13-8-6-7-12(10-13)11-15-16(17)14(5-2)19-20(15)3/h12-13,18H,4-11H2,1-3H3. The lowest BCUT2D eigenvalue weighted by Gasteiger charge is -2.30. The van der Waals surface area contributed by atoms with Crippen LogP contribution in [-0.2, 0) is 19.9 Å². The maximum atomic E-state index is 4.62. The van der Waals surface area contributed by atoms with E-state index in [4.69, 9.17) is 0 Å². The van der Waals surface area contributed by atoms with Crippen molar-refractivity contribution >= 4 is 15.9 Å². The molecule has 1 heterocycles. The number of aromatic nitrogens is 2. The molecule has 0 amide bonds. The van der Waals surface area contributed by atoms with Gasteiger partial charge in [-0.15, -0.1) is 0 Å². The van der Waals surface area contributed by atoms with E-state index in [1.54, 1.807) is 0 Å². The van der Waals surface area contributed by atoms with Gasteiger partial charge in [0.25, 0.3) is 0 Å². The largest absolute Gasteiger partial charge is 0.314 e. The van der Waals surface area contributed by atoms with E-state index in [-0.39, 0.29) is 0 Å². The molecule has 2 atom stereocenters. The highest BCUT2D eigenvalue weighted by atomic mass is 79.9. The van der Waals surface area contributed by atoms with Crippen LogP contribution in [0.25, 0.3) is 0 Å². The van der Waals surface area contributed by atoms with Gasteiger partial charge in [-0.2, -0.15) is 5.10 Å². The van der Waals surface area contributed by atoms with Crippen molar-refractivity contribution in [3.05, 3.63) is 15.9 Å². The van der Waals surface area contributed by atoms with Gasteiger partial charge in [-0.3, -0.25) is 4.68 Å². The molecule has 1 aliphatic carbocycles. The van der Waals surface area contributed by atoms with Crippen LogP contribution in [-0.4, -0.2) is 22.4 Å². The number of nitrogens with zero attached hydrogens (tertiary/aromatic N) is 2. The third-order valence-electron chi connectivity index (χ3n) is 4.45. The summed E-state index contributed by atoms with van der Waals surface area (Å²) in [4.78, 5) is 0. The Labute approximate surface area is 131 Å². The molecule has 2 rings (SSSR count). The molecule has 1 fully saturated rings. The van der Waals surface area contributed by atoms with Crippen LogP contribution >= 0.6 is 15.9 Å². The summed E-state index contributed by atoms with van der Waals surface area (Å²) in [6.07, 6.45) is 8.79. The molecule has 20 heavy (non-hydrogen) atoms. The molecule has 1 N–H and O–H groups in total. The maximum absolute atomic E-state index is 4.62. The quantitative estimate of drug-likeness (QED) is 0.851. The van der Waals surface area contributed by atoms with Crippen LogP contribution in [0, 0.1) is 5.92 Å². The van der Waals surface area contributed by atoms with Crippen LogP contribution in [0.4, 0.5) is 0 Å². The first-order valence-electron chi connectivity index (χ1n) is 8.09. The fourth-order valence-electron chi connectivity index (χ4n) is 3.33. The minimum absolute atomic E-state index is 0.728. The molecule has 0 spiro atoms. The Morgan fingerprint density at radius 3 is 2.80 bits per heavy atom. The fraction of sp³-hybridized carbons (Fsp3) is 0.812. The molecular formula is C16H28BrN3. The summed E-state index contributed by atoms with van der Waals surface area (Å²) in [6, 6.07) is 0.728. The van der Waals surface area contributed by atoms with Crippen LogP contribution < -0.4 is 5.32 Å². The first-order chi connectivity index (χ1) is 9.65. The van der Waals surface area contributed by atoms with E-state index >= 15 is 0 Å². The van der Waals surface area contributed by atoms with Crippen molar-refractivity contribution in [2.24, 2.45) is 13.0 Å². The highest BCUT2D eigenvalue weighted by Gasteiger charge is 2.24. The third-order valence-corrected chi connectivity index (χ3v) is 5.37. The van der Waals surface area contributed by atoms with Gasteiger partial charge >= 0.3 is 0 Å². The summed E-state index contributed by atoms with van der Waals surface area (Å²) in [7, 11) is 2.08. The van der Waals surface area contributed by atoms with Crippen molar-refractivity contribution in [3.63, 3.8) is 0 Å². The molecule has 114 valence electrons. The fourth-order valence-corrected chi connectivity index (χ4v) is 4.10. The van der Waals surface area contributed by atoms with Gasteiger partial charge in [0, 0.05) is 13.1 Å². The average molecular weight is 342 g/mol. The van der Waals surface area contributed by atoms with Crippen LogP contribution in [0.15, 0.2) is 4.47 Å². The van der Waals surface area contributed by atoms with Crippen molar-refractivity contribution in [1.82, 2.24) is 15.1 Å². The van der Waals surface area contributed by atoms with Gasteiger partial charge in [-0.05, 0) is 66.9 Å². The van der Waals surface area contributed by atoms with Gasteiger partial charge in [0.1, 0.15) is 0 Å². The lowest BCUT2D eigenvalue weighted by Crippen LogP contribution is -2.35. The Kier molecular flexibility index (Phi) is 6.09. The van der Waals surface area contributed by atoms with E-state index in [0.717, 1.165) is 31.3 Å². The Hall–Kier alpha value is -0.350. The lowest BCUT2D eigenvalue weighted by atomic mass is 9.83. The van der Waals surface area contributed by atoms with Crippen LogP contribution in [0.5, 0.6) is 0 Å². The first-order valence-corrected chi connectivity index (χ1v) is 8.88. The second-order valence-electron chi connectivity index (χ2n) is 6.07. The van der Waals surface area contributed by atoms with Gasteiger partial charge in [0.15, 0.2) is 0 Å². The van der Waals surface area contributed by atoms with Gasteiger partial charge in [-0.1, -0.05) is 20.3 Å². The van der Waals surface area contributed by atoms with Gasteiger partial charge in [0.05, 0.1) is 15.9 Å². The summed E-state index contributed by atoms with van der Waals surface area (Å²) in [6.45, 7) is 5.57. The van der Waals surface area contributed by atoms with E-state index in [2.05, 4.69) is 51.9 Å². The molecule has 1 aliphatic rings. The zero-order valence-electron chi connectivity index (χ0n) is 13.1. The number of halogens is 1. The number of hydrogen-bond donors (Lipinski definition) is 1. The SMILES string of the molecule is CCCNC1CCCC(Cc2c(Br)c(CC)nn2C)C1. The van der Waals surface area contributed by atoms with Crippen molar-refractivity contribution in [3.8, 4) is 0 Å². The normalized spacial score (nSPS) is 23.2. The maximum Gasteiger partial charge on any atom is 0.0766 e. The summed E-state index contributed by atoms with van der Waals surface area (Å²) >= 11 is 3.75. The second-order valence-corrected chi connectivity index (χ2v) is 6.87. The second kappa shape index (κ2) is 7.60. The van der Waals surface area contributed by atoms with E-state index in [0.29, 0.717) is 0 Å². The Bertz CT molecular complexity index is 428. The zero-order chi connectivity index (χ0) is 14.5. The van der Waals surface area contributed by atoms with Crippen molar-refractivity contribution in [2.75, 3.05) is 6.54 Å². The lowest BCUT2D eigenvalue weighted by molar-refractivity contribution is 0.281. The Balaban J connectivity index is 1.97. The monoisotopic (exact) mass is 341 g/mol. The molecule has 1 aromatic rings. The van der Waals surface area contributed by atoms with Gasteiger partial charge in [-0.25, -0.2) is 0 Å². The number of hydrogen-bond acceptors (Lipinski definition) is 2. The molecule has 0 bridgehead atoms. The first kappa shape index (κ1) is 16.0. The van der Waals surface area contributed by atoms with Crippen molar-refractivity contribution < 1.29 is 0 Å². The molecule has 0 saturated heterocycles. The number of aryl methyl sites for hydroxylation is 2.